The first-order valence-electron chi connectivity index (χ1n) is 10.3. The van der Waals surface area contributed by atoms with Crippen LogP contribution in [0.3, 0.4) is 0 Å². The molecule has 0 saturated carbocycles. The van der Waals surface area contributed by atoms with E-state index >= 15 is 0 Å². The molecule has 1 aliphatic heterocycles. The summed E-state index contributed by atoms with van der Waals surface area (Å²) in [5.41, 5.74) is 1.95. The summed E-state index contributed by atoms with van der Waals surface area (Å²) >= 11 is 5.95. The largest absolute Gasteiger partial charge is 0.495 e. The standard InChI is InChI=1S/C23H27ClN4O4/c1-23(2,3)32-22(30)28-9-5-6-16(14-28)18-8-7-15(12-25-18)10-21(29)27-20-11-19(31-4)17(24)13-26-20/h6-8,11-13H,5,9-10,14H2,1-4H3,(H,26,27,29). The van der Waals surface area contributed by atoms with E-state index in [-0.39, 0.29) is 18.4 Å². The fourth-order valence-corrected chi connectivity index (χ4v) is 3.33. The highest BCUT2D eigenvalue weighted by atomic mass is 35.5. The van der Waals surface area contributed by atoms with Gasteiger partial charge in [-0.3, -0.25) is 9.78 Å². The van der Waals surface area contributed by atoms with Crippen LogP contribution >= 0.6 is 11.6 Å². The first kappa shape index (κ1) is 23.5. The Balaban J connectivity index is 1.59. The van der Waals surface area contributed by atoms with E-state index in [1.165, 1.54) is 13.3 Å². The molecule has 0 saturated heterocycles. The van der Waals surface area contributed by atoms with Crippen molar-refractivity contribution >= 4 is 35.0 Å². The lowest BCUT2D eigenvalue weighted by Crippen LogP contribution is -2.39. The van der Waals surface area contributed by atoms with Crippen LogP contribution in [0.25, 0.3) is 5.57 Å². The van der Waals surface area contributed by atoms with Gasteiger partial charge in [0.2, 0.25) is 5.91 Å². The van der Waals surface area contributed by atoms with Gasteiger partial charge in [0.15, 0.2) is 0 Å². The number of nitrogens with one attached hydrogen (secondary N) is 1. The average Bonchev–Trinajstić information content (AvgIpc) is 2.74. The number of pyridine rings is 2. The van der Waals surface area contributed by atoms with Crippen molar-refractivity contribution in [1.29, 1.82) is 0 Å². The SMILES string of the molecule is COc1cc(NC(=O)Cc2ccc(C3=CCCN(C(=O)OC(C)(C)C)C3)nc2)ncc1Cl. The molecule has 0 fully saturated rings. The number of hydrogen-bond acceptors (Lipinski definition) is 6. The maximum atomic E-state index is 12.4. The van der Waals surface area contributed by atoms with Gasteiger partial charge in [-0.15, -0.1) is 0 Å². The van der Waals surface area contributed by atoms with Crippen molar-refractivity contribution in [2.45, 2.75) is 39.2 Å². The van der Waals surface area contributed by atoms with Crippen molar-refractivity contribution in [2.75, 3.05) is 25.5 Å². The Morgan fingerprint density at radius 3 is 2.66 bits per heavy atom. The lowest BCUT2D eigenvalue weighted by molar-refractivity contribution is -0.115. The van der Waals surface area contributed by atoms with Gasteiger partial charge in [-0.1, -0.05) is 23.7 Å². The summed E-state index contributed by atoms with van der Waals surface area (Å²) < 4.78 is 10.6. The van der Waals surface area contributed by atoms with Crippen molar-refractivity contribution in [3.8, 4) is 5.75 Å². The number of carbonyl (C=O) groups is 2. The van der Waals surface area contributed by atoms with Gasteiger partial charge in [0.05, 0.1) is 32.0 Å². The molecule has 3 rings (SSSR count). The smallest absolute Gasteiger partial charge is 0.410 e. The third-order valence-corrected chi connectivity index (χ3v) is 4.91. The van der Waals surface area contributed by atoms with Crippen LogP contribution in [0.15, 0.2) is 36.7 Å². The summed E-state index contributed by atoms with van der Waals surface area (Å²) in [6.07, 6.45) is 5.71. The van der Waals surface area contributed by atoms with E-state index in [2.05, 4.69) is 21.4 Å². The van der Waals surface area contributed by atoms with Crippen LogP contribution < -0.4 is 10.1 Å². The van der Waals surface area contributed by atoms with Crippen LogP contribution in [0.2, 0.25) is 5.02 Å². The molecule has 2 aromatic heterocycles. The first-order valence-corrected chi connectivity index (χ1v) is 10.6. The average molecular weight is 459 g/mol. The molecule has 0 spiro atoms. The van der Waals surface area contributed by atoms with E-state index in [1.54, 1.807) is 17.2 Å². The number of nitrogens with zero attached hydrogens (tertiary/aromatic N) is 3. The number of halogens is 1. The number of rotatable bonds is 5. The van der Waals surface area contributed by atoms with Gasteiger partial charge in [0.25, 0.3) is 0 Å². The van der Waals surface area contributed by atoms with Crippen LogP contribution in [0.5, 0.6) is 5.75 Å². The molecule has 0 aromatic carbocycles. The second-order valence-electron chi connectivity index (χ2n) is 8.40. The molecule has 1 aliphatic rings. The molecule has 0 radical (unpaired) electrons. The maximum Gasteiger partial charge on any atom is 0.410 e. The Hall–Kier alpha value is -3.13. The minimum atomic E-state index is -0.536. The minimum absolute atomic E-state index is 0.142. The fraction of sp³-hybridized carbons (Fsp3) is 0.391. The van der Waals surface area contributed by atoms with Gasteiger partial charge >= 0.3 is 6.09 Å². The molecule has 9 heteroatoms. The highest BCUT2D eigenvalue weighted by molar-refractivity contribution is 6.32. The highest BCUT2D eigenvalue weighted by Gasteiger charge is 2.25. The Morgan fingerprint density at radius 1 is 1.22 bits per heavy atom. The second-order valence-corrected chi connectivity index (χ2v) is 8.81. The zero-order valence-corrected chi connectivity index (χ0v) is 19.4. The Bertz CT molecular complexity index is 1020. The second kappa shape index (κ2) is 9.99. The molecular formula is C23H27ClN4O4. The molecule has 0 atom stereocenters. The first-order chi connectivity index (χ1) is 15.1. The van der Waals surface area contributed by atoms with Gasteiger partial charge in [0.1, 0.15) is 22.2 Å². The lowest BCUT2D eigenvalue weighted by Gasteiger charge is -2.30. The number of ether oxygens (including phenoxy) is 2. The van der Waals surface area contributed by atoms with E-state index in [9.17, 15) is 9.59 Å². The molecule has 3 heterocycles. The van der Waals surface area contributed by atoms with Gasteiger partial charge < -0.3 is 19.7 Å². The lowest BCUT2D eigenvalue weighted by atomic mass is 10.0. The highest BCUT2D eigenvalue weighted by Crippen LogP contribution is 2.25. The third-order valence-electron chi connectivity index (χ3n) is 4.63. The van der Waals surface area contributed by atoms with Crippen molar-refractivity contribution < 1.29 is 19.1 Å². The monoisotopic (exact) mass is 458 g/mol. The quantitative estimate of drug-likeness (QED) is 0.716. The third kappa shape index (κ3) is 6.43. The van der Waals surface area contributed by atoms with E-state index in [0.29, 0.717) is 29.7 Å². The molecule has 32 heavy (non-hydrogen) atoms. The van der Waals surface area contributed by atoms with Crippen LogP contribution in [0.4, 0.5) is 10.6 Å². The van der Waals surface area contributed by atoms with Crippen molar-refractivity contribution in [1.82, 2.24) is 14.9 Å². The predicted molar refractivity (Wildman–Crippen MR) is 123 cm³/mol. The number of carbonyl (C=O) groups excluding carboxylic acids is 2. The number of amides is 2. The van der Waals surface area contributed by atoms with Crippen molar-refractivity contribution in [3.63, 3.8) is 0 Å². The maximum absolute atomic E-state index is 12.4. The molecule has 2 aromatic rings. The zero-order valence-electron chi connectivity index (χ0n) is 18.6. The summed E-state index contributed by atoms with van der Waals surface area (Å²) in [6.45, 7) is 6.59. The molecule has 170 valence electrons. The summed E-state index contributed by atoms with van der Waals surface area (Å²) in [7, 11) is 1.49. The summed E-state index contributed by atoms with van der Waals surface area (Å²) in [5.74, 6) is 0.559. The molecule has 8 nitrogen and oxygen atoms in total. The Morgan fingerprint density at radius 2 is 2.00 bits per heavy atom. The van der Waals surface area contributed by atoms with Crippen LogP contribution in [-0.2, 0) is 16.0 Å². The fourth-order valence-electron chi connectivity index (χ4n) is 3.15. The van der Waals surface area contributed by atoms with Crippen LogP contribution in [0.1, 0.15) is 38.4 Å². The number of aromatic nitrogens is 2. The van der Waals surface area contributed by atoms with Crippen molar-refractivity contribution in [3.05, 3.63) is 52.9 Å². The number of methoxy groups -OCH3 is 1. The topological polar surface area (TPSA) is 93.7 Å². The van der Waals surface area contributed by atoms with E-state index < -0.39 is 5.60 Å². The molecule has 0 aliphatic carbocycles. The number of hydrogen-bond donors (Lipinski definition) is 1. The van der Waals surface area contributed by atoms with Gasteiger partial charge in [-0.2, -0.15) is 0 Å². The van der Waals surface area contributed by atoms with E-state index in [1.807, 2.05) is 32.9 Å². The van der Waals surface area contributed by atoms with E-state index in [4.69, 9.17) is 21.1 Å². The molecule has 0 bridgehead atoms. The van der Waals surface area contributed by atoms with Crippen molar-refractivity contribution in [2.24, 2.45) is 0 Å². The molecule has 1 N–H and O–H groups in total. The summed E-state index contributed by atoms with van der Waals surface area (Å²) in [6, 6.07) is 5.27. The zero-order chi connectivity index (χ0) is 23.3. The van der Waals surface area contributed by atoms with Gasteiger partial charge in [0, 0.05) is 18.8 Å². The summed E-state index contributed by atoms with van der Waals surface area (Å²) in [4.78, 5) is 35.0. The van der Waals surface area contributed by atoms with Gasteiger partial charge in [-0.05, 0) is 44.4 Å². The minimum Gasteiger partial charge on any atom is -0.495 e. The van der Waals surface area contributed by atoms with Gasteiger partial charge in [-0.25, -0.2) is 9.78 Å². The number of anilines is 1. The molecule has 2 amide bonds. The predicted octanol–water partition coefficient (Wildman–Crippen LogP) is 4.34. The normalized spacial score (nSPS) is 13.9. The van der Waals surface area contributed by atoms with E-state index in [0.717, 1.165) is 23.3 Å². The Labute approximate surface area is 192 Å². The van der Waals surface area contributed by atoms with Crippen LogP contribution in [-0.4, -0.2) is 52.7 Å². The molecule has 0 unspecified atom stereocenters. The molecular weight excluding hydrogens is 432 g/mol. The Kier molecular flexibility index (Phi) is 7.35. The van der Waals surface area contributed by atoms with Crippen LogP contribution in [0, 0.1) is 0 Å². The summed E-state index contributed by atoms with van der Waals surface area (Å²) in [5, 5.41) is 3.09.